The van der Waals surface area contributed by atoms with E-state index in [4.69, 9.17) is 5.10 Å². The van der Waals surface area contributed by atoms with Crippen molar-refractivity contribution in [2.75, 3.05) is 0 Å². The van der Waals surface area contributed by atoms with Gasteiger partial charge in [0.15, 0.2) is 0 Å². The smallest absolute Gasteiger partial charge is 0.232 e. The highest BCUT2D eigenvalue weighted by atomic mass is 15.4. The summed E-state index contributed by atoms with van der Waals surface area (Å²) in [4.78, 5) is 0. The molecule has 1 heterocycles. The Labute approximate surface area is 151 Å². The molecule has 134 valence electrons. The van der Waals surface area contributed by atoms with Crippen molar-refractivity contribution in [1.29, 1.82) is 0 Å². The average molecular weight is 339 g/mol. The Bertz CT molecular complexity index is 588. The van der Waals surface area contributed by atoms with Gasteiger partial charge in [0.05, 0.1) is 5.54 Å². The van der Waals surface area contributed by atoms with Crippen molar-refractivity contribution >= 4 is 0 Å². The standard InChI is InChI=1S/C22H32N3/c1-15-2-17-3-16(1)8-21(7-15,9-17)24-13-23-25(14-24)22-10-18-4-19(11-22)6-20(5-18)12-22/h13-20H,1-12H2/q+1. The van der Waals surface area contributed by atoms with Gasteiger partial charge in [-0.2, -0.15) is 0 Å². The van der Waals surface area contributed by atoms with Crippen molar-refractivity contribution in [2.45, 2.75) is 88.1 Å². The van der Waals surface area contributed by atoms with Gasteiger partial charge in [0.1, 0.15) is 5.54 Å². The highest BCUT2D eigenvalue weighted by Gasteiger charge is 2.57. The summed E-state index contributed by atoms with van der Waals surface area (Å²) in [5.41, 5.74) is 0.831. The van der Waals surface area contributed by atoms with Crippen molar-refractivity contribution in [1.82, 2.24) is 9.78 Å². The van der Waals surface area contributed by atoms with Crippen LogP contribution in [0.3, 0.4) is 0 Å². The maximum Gasteiger partial charge on any atom is 0.265 e. The second-order valence-electron chi connectivity index (χ2n) is 11.4. The van der Waals surface area contributed by atoms with Gasteiger partial charge in [0, 0.05) is 5.10 Å². The minimum atomic E-state index is 0.391. The van der Waals surface area contributed by atoms with Gasteiger partial charge in [-0.25, -0.2) is 4.57 Å². The maximum atomic E-state index is 5.04. The molecule has 1 aromatic rings. The van der Waals surface area contributed by atoms with E-state index in [1.807, 2.05) is 0 Å². The molecule has 8 bridgehead atoms. The third kappa shape index (κ3) is 1.88. The van der Waals surface area contributed by atoms with Crippen LogP contribution in [0.5, 0.6) is 0 Å². The molecule has 0 unspecified atom stereocenters. The first-order chi connectivity index (χ1) is 12.2. The van der Waals surface area contributed by atoms with Crippen molar-refractivity contribution < 1.29 is 4.57 Å². The van der Waals surface area contributed by atoms with Crippen LogP contribution < -0.4 is 4.57 Å². The van der Waals surface area contributed by atoms with Gasteiger partial charge in [-0.3, -0.25) is 0 Å². The van der Waals surface area contributed by atoms with Crippen LogP contribution in [0.4, 0.5) is 0 Å². The van der Waals surface area contributed by atoms with Crippen molar-refractivity contribution in [2.24, 2.45) is 35.5 Å². The molecule has 25 heavy (non-hydrogen) atoms. The fraction of sp³-hybridized carbons (Fsp3) is 0.909. The number of nitrogens with zero attached hydrogens (tertiary/aromatic N) is 3. The summed E-state index contributed by atoms with van der Waals surface area (Å²) in [6.07, 6.45) is 22.5. The number of hydrogen-bond donors (Lipinski definition) is 0. The van der Waals surface area contributed by atoms with Gasteiger partial charge in [0.25, 0.3) is 6.33 Å². The molecule has 8 fully saturated rings. The van der Waals surface area contributed by atoms with Crippen LogP contribution in [0.2, 0.25) is 0 Å². The molecule has 1 aromatic heterocycles. The van der Waals surface area contributed by atoms with E-state index in [-0.39, 0.29) is 0 Å². The van der Waals surface area contributed by atoms with Crippen molar-refractivity contribution in [3.63, 3.8) is 0 Å². The van der Waals surface area contributed by atoms with Gasteiger partial charge in [-0.15, -0.1) is 4.68 Å². The molecule has 0 aliphatic heterocycles. The van der Waals surface area contributed by atoms with E-state index in [2.05, 4.69) is 21.9 Å². The van der Waals surface area contributed by atoms with Crippen LogP contribution in [-0.2, 0) is 11.1 Å². The topological polar surface area (TPSA) is 21.7 Å². The Morgan fingerprint density at radius 3 is 1.60 bits per heavy atom. The normalized spacial score (nSPS) is 55.2. The van der Waals surface area contributed by atoms with E-state index in [0.717, 1.165) is 35.5 Å². The van der Waals surface area contributed by atoms with Gasteiger partial charge in [-0.1, -0.05) is 0 Å². The van der Waals surface area contributed by atoms with Crippen LogP contribution in [0, 0.1) is 35.5 Å². The predicted molar refractivity (Wildman–Crippen MR) is 94.7 cm³/mol. The van der Waals surface area contributed by atoms with Gasteiger partial charge in [-0.05, 0) is 113 Å². The highest BCUT2D eigenvalue weighted by molar-refractivity contribution is 5.04. The Hall–Kier alpha value is -0.860. The molecular formula is C22H32N3+. The number of rotatable bonds is 2. The fourth-order valence-corrected chi connectivity index (χ4v) is 9.51. The second kappa shape index (κ2) is 4.51. The third-order valence-corrected chi connectivity index (χ3v) is 9.58. The van der Waals surface area contributed by atoms with Crippen molar-refractivity contribution in [3.05, 3.63) is 12.7 Å². The molecule has 9 rings (SSSR count). The zero-order valence-electron chi connectivity index (χ0n) is 15.4. The fourth-order valence-electron chi connectivity index (χ4n) is 9.51. The minimum absolute atomic E-state index is 0.391. The summed E-state index contributed by atoms with van der Waals surface area (Å²) in [7, 11) is 0. The van der Waals surface area contributed by atoms with E-state index >= 15 is 0 Å². The zero-order valence-corrected chi connectivity index (χ0v) is 15.4. The Morgan fingerprint density at radius 1 is 0.680 bits per heavy atom. The SMILES string of the molecule is c1nn(C23CC4CC(CC(C4)C2)C3)c[n+]1C12CC3CC(CC(C3)C1)C2. The lowest BCUT2D eigenvalue weighted by Crippen LogP contribution is -2.64. The molecule has 8 saturated carbocycles. The lowest BCUT2D eigenvalue weighted by molar-refractivity contribution is -0.777. The molecule has 3 nitrogen and oxygen atoms in total. The molecule has 8 aliphatic rings. The molecule has 0 radical (unpaired) electrons. The van der Waals surface area contributed by atoms with E-state index in [1.165, 1.54) is 77.0 Å². The van der Waals surface area contributed by atoms with E-state index in [1.54, 1.807) is 0 Å². The lowest BCUT2D eigenvalue weighted by atomic mass is 9.53. The first-order valence-electron chi connectivity index (χ1n) is 11.1. The Balaban J connectivity index is 1.25. The Kier molecular flexibility index (Phi) is 2.57. The van der Waals surface area contributed by atoms with Gasteiger partial charge >= 0.3 is 0 Å². The van der Waals surface area contributed by atoms with E-state index in [9.17, 15) is 0 Å². The van der Waals surface area contributed by atoms with Crippen LogP contribution in [0.1, 0.15) is 77.0 Å². The summed E-state index contributed by atoms with van der Waals surface area (Å²) >= 11 is 0. The van der Waals surface area contributed by atoms with Crippen LogP contribution in [0.15, 0.2) is 12.7 Å². The minimum Gasteiger partial charge on any atom is -0.232 e. The molecule has 0 aromatic carbocycles. The molecule has 8 aliphatic carbocycles. The third-order valence-electron chi connectivity index (χ3n) is 9.58. The molecule has 0 saturated heterocycles. The lowest BCUT2D eigenvalue weighted by Gasteiger charge is -2.55. The zero-order chi connectivity index (χ0) is 16.2. The summed E-state index contributed by atoms with van der Waals surface area (Å²) in [6.45, 7) is 0. The maximum absolute atomic E-state index is 5.04. The number of hydrogen-bond acceptors (Lipinski definition) is 1. The molecule has 3 heteroatoms. The molecule has 0 spiro atoms. The first kappa shape index (κ1) is 14.2. The quantitative estimate of drug-likeness (QED) is 0.746. The predicted octanol–water partition coefficient (Wildman–Crippen LogP) is 4.02. The highest BCUT2D eigenvalue weighted by Crippen LogP contribution is 2.59. The summed E-state index contributed by atoms with van der Waals surface area (Å²) < 4.78 is 5.10. The molecule has 0 amide bonds. The summed E-state index contributed by atoms with van der Waals surface area (Å²) in [6, 6.07) is 0. The second-order valence-corrected chi connectivity index (χ2v) is 11.4. The largest absolute Gasteiger partial charge is 0.265 e. The Morgan fingerprint density at radius 2 is 1.12 bits per heavy atom. The van der Waals surface area contributed by atoms with Crippen LogP contribution >= 0.6 is 0 Å². The molecule has 0 atom stereocenters. The molecule has 0 N–H and O–H groups in total. The van der Waals surface area contributed by atoms with Crippen LogP contribution in [-0.4, -0.2) is 9.78 Å². The monoisotopic (exact) mass is 338 g/mol. The van der Waals surface area contributed by atoms with E-state index < -0.39 is 0 Å². The molecular weight excluding hydrogens is 306 g/mol. The van der Waals surface area contributed by atoms with Gasteiger partial charge in [0.2, 0.25) is 6.33 Å². The first-order valence-corrected chi connectivity index (χ1v) is 11.1. The summed E-state index contributed by atoms with van der Waals surface area (Å²) in [5, 5.41) is 5.04. The summed E-state index contributed by atoms with van der Waals surface area (Å²) in [5.74, 6) is 6.06. The van der Waals surface area contributed by atoms with Crippen molar-refractivity contribution in [3.8, 4) is 0 Å². The number of aromatic nitrogens is 3. The average Bonchev–Trinajstić information content (AvgIpc) is 3.04. The van der Waals surface area contributed by atoms with Crippen LogP contribution in [0.25, 0.3) is 0 Å². The van der Waals surface area contributed by atoms with E-state index in [0.29, 0.717) is 11.1 Å². The van der Waals surface area contributed by atoms with Gasteiger partial charge < -0.3 is 0 Å².